The summed E-state index contributed by atoms with van der Waals surface area (Å²) < 4.78 is 1.47. The van der Waals surface area contributed by atoms with E-state index in [0.717, 1.165) is 16.8 Å². The fourth-order valence-corrected chi connectivity index (χ4v) is 2.44. The van der Waals surface area contributed by atoms with Crippen LogP contribution in [0.1, 0.15) is 19.9 Å². The molecule has 3 rings (SSSR count). The first-order valence-electron chi connectivity index (χ1n) is 7.80. The molecular weight excluding hydrogens is 302 g/mol. The van der Waals surface area contributed by atoms with Crippen LogP contribution in [0.25, 0.3) is 22.5 Å². The van der Waals surface area contributed by atoms with Gasteiger partial charge >= 0.3 is 0 Å². The van der Waals surface area contributed by atoms with Crippen molar-refractivity contribution in [2.24, 2.45) is 0 Å². The lowest BCUT2D eigenvalue weighted by Crippen LogP contribution is -2.24. The van der Waals surface area contributed by atoms with Crippen molar-refractivity contribution in [3.8, 4) is 22.5 Å². The van der Waals surface area contributed by atoms with Gasteiger partial charge in [0.05, 0.1) is 17.4 Å². The van der Waals surface area contributed by atoms with Gasteiger partial charge in [-0.2, -0.15) is 5.10 Å². The largest absolute Gasteiger partial charge is 0.357 e. The van der Waals surface area contributed by atoms with Gasteiger partial charge in [-0.15, -0.1) is 0 Å². The van der Waals surface area contributed by atoms with Gasteiger partial charge in [-0.05, 0) is 19.9 Å². The van der Waals surface area contributed by atoms with E-state index in [1.165, 1.54) is 10.7 Å². The Morgan fingerprint density at radius 3 is 2.50 bits per heavy atom. The molecule has 0 saturated heterocycles. The zero-order valence-corrected chi connectivity index (χ0v) is 13.9. The molecule has 0 fully saturated rings. The number of hydrogen-bond donors (Lipinski definition) is 1. The second-order valence-corrected chi connectivity index (χ2v) is 5.67. The Kier molecular flexibility index (Phi) is 4.37. The summed E-state index contributed by atoms with van der Waals surface area (Å²) in [6.07, 6.45) is 1.73. The van der Waals surface area contributed by atoms with Crippen molar-refractivity contribution >= 4 is 5.95 Å². The molecule has 0 spiro atoms. The molecule has 2 aromatic heterocycles. The summed E-state index contributed by atoms with van der Waals surface area (Å²) in [5.74, 6) is 0.537. The van der Waals surface area contributed by atoms with Gasteiger partial charge in [0.2, 0.25) is 5.95 Å². The van der Waals surface area contributed by atoms with Gasteiger partial charge in [-0.3, -0.25) is 4.79 Å². The molecule has 6 nitrogen and oxygen atoms in total. The second kappa shape index (κ2) is 6.62. The molecule has 1 aromatic carbocycles. The molecule has 6 heteroatoms. The van der Waals surface area contributed by atoms with E-state index in [0.29, 0.717) is 11.6 Å². The summed E-state index contributed by atoms with van der Waals surface area (Å²) in [7, 11) is 1.78. The average molecular weight is 321 g/mol. The number of rotatable bonds is 4. The summed E-state index contributed by atoms with van der Waals surface area (Å²) >= 11 is 0. The van der Waals surface area contributed by atoms with Crippen molar-refractivity contribution in [1.29, 1.82) is 0 Å². The molecule has 0 unspecified atom stereocenters. The van der Waals surface area contributed by atoms with E-state index in [-0.39, 0.29) is 11.6 Å². The first-order chi connectivity index (χ1) is 11.6. The molecule has 0 aliphatic heterocycles. The van der Waals surface area contributed by atoms with Gasteiger partial charge in [0, 0.05) is 30.4 Å². The molecule has 0 radical (unpaired) electrons. The van der Waals surface area contributed by atoms with Crippen LogP contribution in [0.4, 0.5) is 5.95 Å². The Labute approximate surface area is 140 Å². The van der Waals surface area contributed by atoms with E-state index >= 15 is 0 Å². The molecular formula is C18H19N5O. The van der Waals surface area contributed by atoms with Gasteiger partial charge in [0.15, 0.2) is 0 Å². The molecule has 2 heterocycles. The molecule has 0 atom stereocenters. The van der Waals surface area contributed by atoms with Crippen LogP contribution in [-0.4, -0.2) is 26.8 Å². The highest BCUT2D eigenvalue weighted by Crippen LogP contribution is 2.29. The molecule has 0 aliphatic rings. The Morgan fingerprint density at radius 2 is 1.83 bits per heavy atom. The maximum atomic E-state index is 12.0. The molecule has 0 amide bonds. The topological polar surface area (TPSA) is 72.7 Å². The number of anilines is 1. The SMILES string of the molecule is CNc1ncc(-c2ccc(=O)n(C(C)C)n2)c(-c2ccccc2)n1. The number of nitrogens with one attached hydrogen (secondary N) is 1. The van der Waals surface area contributed by atoms with Crippen LogP contribution in [0.5, 0.6) is 0 Å². The lowest BCUT2D eigenvalue weighted by atomic mass is 10.0. The molecule has 1 N–H and O–H groups in total. The number of aromatic nitrogens is 4. The first kappa shape index (κ1) is 15.9. The predicted octanol–water partition coefficient (Wildman–Crippen LogP) is 2.99. The zero-order chi connectivity index (χ0) is 17.1. The third kappa shape index (κ3) is 3.03. The minimum atomic E-state index is -0.122. The van der Waals surface area contributed by atoms with Crippen molar-refractivity contribution < 1.29 is 0 Å². The zero-order valence-electron chi connectivity index (χ0n) is 13.9. The van der Waals surface area contributed by atoms with E-state index in [2.05, 4.69) is 20.4 Å². The Hall–Kier alpha value is -3.02. The fraction of sp³-hybridized carbons (Fsp3) is 0.222. The van der Waals surface area contributed by atoms with Crippen LogP contribution in [-0.2, 0) is 0 Å². The van der Waals surface area contributed by atoms with Gasteiger partial charge < -0.3 is 5.32 Å². The Morgan fingerprint density at radius 1 is 1.08 bits per heavy atom. The van der Waals surface area contributed by atoms with E-state index in [1.54, 1.807) is 19.3 Å². The van der Waals surface area contributed by atoms with E-state index in [1.807, 2.05) is 44.2 Å². The average Bonchev–Trinajstić information content (AvgIpc) is 2.62. The molecule has 122 valence electrons. The second-order valence-electron chi connectivity index (χ2n) is 5.67. The highest BCUT2D eigenvalue weighted by atomic mass is 16.1. The minimum absolute atomic E-state index is 0.0184. The summed E-state index contributed by atoms with van der Waals surface area (Å²) in [6, 6.07) is 13.1. The van der Waals surface area contributed by atoms with Gasteiger partial charge in [-0.25, -0.2) is 14.6 Å². The van der Waals surface area contributed by atoms with E-state index in [4.69, 9.17) is 0 Å². The van der Waals surface area contributed by atoms with E-state index < -0.39 is 0 Å². The summed E-state index contributed by atoms with van der Waals surface area (Å²) in [5, 5.41) is 7.44. The normalized spacial score (nSPS) is 10.8. The number of nitrogens with zero attached hydrogens (tertiary/aromatic N) is 4. The van der Waals surface area contributed by atoms with Crippen LogP contribution in [0.2, 0.25) is 0 Å². The Bertz CT molecular complexity index is 903. The third-order valence-corrected chi connectivity index (χ3v) is 3.65. The van der Waals surface area contributed by atoms with E-state index in [9.17, 15) is 4.79 Å². The van der Waals surface area contributed by atoms with Crippen molar-refractivity contribution in [3.63, 3.8) is 0 Å². The number of benzene rings is 1. The highest BCUT2D eigenvalue weighted by molar-refractivity contribution is 5.78. The van der Waals surface area contributed by atoms with Gasteiger partial charge in [0.25, 0.3) is 5.56 Å². The lowest BCUT2D eigenvalue weighted by Gasteiger charge is -2.13. The lowest BCUT2D eigenvalue weighted by molar-refractivity contribution is 0.505. The summed E-state index contributed by atoms with van der Waals surface area (Å²) in [5.41, 5.74) is 3.08. The van der Waals surface area contributed by atoms with Gasteiger partial charge in [0.1, 0.15) is 0 Å². The molecule has 3 aromatic rings. The van der Waals surface area contributed by atoms with Crippen molar-refractivity contribution in [2.45, 2.75) is 19.9 Å². The monoisotopic (exact) mass is 321 g/mol. The molecule has 24 heavy (non-hydrogen) atoms. The van der Waals surface area contributed by atoms with Crippen molar-refractivity contribution in [1.82, 2.24) is 19.7 Å². The van der Waals surface area contributed by atoms with Gasteiger partial charge in [-0.1, -0.05) is 30.3 Å². The first-order valence-corrected chi connectivity index (χ1v) is 7.80. The minimum Gasteiger partial charge on any atom is -0.357 e. The highest BCUT2D eigenvalue weighted by Gasteiger charge is 2.14. The maximum Gasteiger partial charge on any atom is 0.267 e. The van der Waals surface area contributed by atoms with Crippen LogP contribution in [0.3, 0.4) is 0 Å². The summed E-state index contributed by atoms with van der Waals surface area (Å²) in [4.78, 5) is 20.9. The van der Waals surface area contributed by atoms with Crippen LogP contribution < -0.4 is 10.9 Å². The standard InChI is InChI=1S/C18H19N5O/c1-12(2)23-16(24)10-9-15(22-23)14-11-20-18(19-3)21-17(14)13-7-5-4-6-8-13/h4-12H,1-3H3,(H,19,20,21). The van der Waals surface area contributed by atoms with Crippen LogP contribution in [0, 0.1) is 0 Å². The molecule has 0 saturated carbocycles. The van der Waals surface area contributed by atoms with Crippen LogP contribution in [0.15, 0.2) is 53.5 Å². The fourth-order valence-electron chi connectivity index (χ4n) is 2.44. The maximum absolute atomic E-state index is 12.0. The smallest absolute Gasteiger partial charge is 0.267 e. The van der Waals surface area contributed by atoms with Crippen molar-refractivity contribution in [3.05, 3.63) is 59.0 Å². The predicted molar refractivity (Wildman–Crippen MR) is 94.9 cm³/mol. The van der Waals surface area contributed by atoms with Crippen molar-refractivity contribution in [2.75, 3.05) is 12.4 Å². The molecule has 0 bridgehead atoms. The molecule has 0 aliphatic carbocycles. The van der Waals surface area contributed by atoms with Crippen LogP contribution >= 0.6 is 0 Å². The number of hydrogen-bond acceptors (Lipinski definition) is 5. The Balaban J connectivity index is 2.22. The summed E-state index contributed by atoms with van der Waals surface area (Å²) in [6.45, 7) is 3.85. The quantitative estimate of drug-likeness (QED) is 0.800. The third-order valence-electron chi connectivity index (χ3n) is 3.65.